The predicted octanol–water partition coefficient (Wildman–Crippen LogP) is 1.52. The van der Waals surface area contributed by atoms with Crippen LogP contribution >= 0.6 is 0 Å². The zero-order chi connectivity index (χ0) is 10.6. The van der Waals surface area contributed by atoms with Gasteiger partial charge in [0.15, 0.2) is 0 Å². The molecule has 0 aromatic carbocycles. The molecule has 1 atom stereocenters. The Hall–Kier alpha value is -0.830. The lowest BCUT2D eigenvalue weighted by Gasteiger charge is -2.13. The Balaban J connectivity index is 2.69. The van der Waals surface area contributed by atoms with Gasteiger partial charge in [-0.05, 0) is 26.0 Å². The van der Waals surface area contributed by atoms with Gasteiger partial charge in [0.05, 0.1) is 5.69 Å². The number of nitrogens with one attached hydrogen (secondary N) is 1. The zero-order valence-electron chi connectivity index (χ0n) is 9.67. The lowest BCUT2D eigenvalue weighted by molar-refractivity contribution is 0.522. The molecule has 0 radical (unpaired) electrons. The maximum atomic E-state index is 4.44. The van der Waals surface area contributed by atoms with E-state index in [1.807, 2.05) is 18.8 Å². The first-order valence-corrected chi connectivity index (χ1v) is 5.40. The lowest BCUT2D eigenvalue weighted by atomic mass is 10.1. The van der Waals surface area contributed by atoms with E-state index in [1.165, 1.54) is 11.4 Å². The molecule has 0 bridgehead atoms. The first kappa shape index (κ1) is 11.2. The van der Waals surface area contributed by atoms with Crippen LogP contribution in [0.1, 0.15) is 31.7 Å². The minimum Gasteiger partial charge on any atom is -0.317 e. The summed E-state index contributed by atoms with van der Waals surface area (Å²) in [7, 11) is 4.04. The molecule has 3 heteroatoms. The topological polar surface area (TPSA) is 29.9 Å². The van der Waals surface area contributed by atoms with Crippen molar-refractivity contribution < 1.29 is 0 Å². The van der Waals surface area contributed by atoms with E-state index in [9.17, 15) is 0 Å². The second kappa shape index (κ2) is 5.15. The summed E-state index contributed by atoms with van der Waals surface area (Å²) in [5.74, 6) is 0. The molecule has 0 aliphatic heterocycles. The van der Waals surface area contributed by atoms with E-state index < -0.39 is 0 Å². The molecule has 0 fully saturated rings. The van der Waals surface area contributed by atoms with Crippen LogP contribution in [0.3, 0.4) is 0 Å². The van der Waals surface area contributed by atoms with Crippen LogP contribution in [0.2, 0.25) is 0 Å². The van der Waals surface area contributed by atoms with Crippen molar-refractivity contribution in [3.05, 3.63) is 17.5 Å². The second-order valence-electron chi connectivity index (χ2n) is 3.70. The molecule has 1 aromatic rings. The summed E-state index contributed by atoms with van der Waals surface area (Å²) in [6.45, 7) is 4.35. The van der Waals surface area contributed by atoms with E-state index in [-0.39, 0.29) is 0 Å². The summed E-state index contributed by atoms with van der Waals surface area (Å²) in [6, 6.07) is 2.77. The number of hydrogen-bond donors (Lipinski definition) is 1. The molecule has 1 rings (SSSR count). The molecular weight excluding hydrogens is 174 g/mol. The standard InChI is InChI=1S/C11H21N3/c1-5-9(12-3)7-11-8-10(6-2)13-14(11)4/h8-9,12H,5-7H2,1-4H3. The summed E-state index contributed by atoms with van der Waals surface area (Å²) in [4.78, 5) is 0. The van der Waals surface area contributed by atoms with E-state index in [4.69, 9.17) is 0 Å². The molecule has 80 valence electrons. The van der Waals surface area contributed by atoms with Crippen molar-refractivity contribution in [2.24, 2.45) is 7.05 Å². The smallest absolute Gasteiger partial charge is 0.0624 e. The number of aromatic nitrogens is 2. The Labute approximate surface area is 86.5 Å². The van der Waals surface area contributed by atoms with Crippen LogP contribution in [0.15, 0.2) is 6.07 Å². The monoisotopic (exact) mass is 195 g/mol. The van der Waals surface area contributed by atoms with Gasteiger partial charge < -0.3 is 5.32 Å². The van der Waals surface area contributed by atoms with Gasteiger partial charge in [0.2, 0.25) is 0 Å². The van der Waals surface area contributed by atoms with Gasteiger partial charge in [0.25, 0.3) is 0 Å². The molecular formula is C11H21N3. The number of nitrogens with zero attached hydrogens (tertiary/aromatic N) is 2. The summed E-state index contributed by atoms with van der Waals surface area (Å²) >= 11 is 0. The predicted molar refractivity (Wildman–Crippen MR) is 59.4 cm³/mol. The van der Waals surface area contributed by atoms with Gasteiger partial charge >= 0.3 is 0 Å². The SMILES string of the molecule is CCc1cc(CC(CC)NC)n(C)n1. The molecule has 0 saturated heterocycles. The first-order valence-electron chi connectivity index (χ1n) is 5.40. The quantitative estimate of drug-likeness (QED) is 0.772. The molecule has 1 aromatic heterocycles. The minimum atomic E-state index is 0.565. The van der Waals surface area contributed by atoms with E-state index in [0.717, 1.165) is 19.3 Å². The Kier molecular flexibility index (Phi) is 4.14. The Morgan fingerprint density at radius 3 is 2.64 bits per heavy atom. The normalized spacial score (nSPS) is 13.1. The summed E-state index contributed by atoms with van der Waals surface area (Å²) in [5, 5.41) is 7.75. The van der Waals surface area contributed by atoms with Gasteiger partial charge in [0.1, 0.15) is 0 Å². The van der Waals surface area contributed by atoms with Gasteiger partial charge in [-0.15, -0.1) is 0 Å². The van der Waals surface area contributed by atoms with Gasteiger partial charge in [0, 0.05) is 25.2 Å². The van der Waals surface area contributed by atoms with E-state index >= 15 is 0 Å². The fourth-order valence-electron chi connectivity index (χ4n) is 1.64. The summed E-state index contributed by atoms with van der Waals surface area (Å²) < 4.78 is 2.00. The highest BCUT2D eigenvalue weighted by Gasteiger charge is 2.09. The van der Waals surface area contributed by atoms with Gasteiger partial charge in [-0.1, -0.05) is 13.8 Å². The number of hydrogen-bond acceptors (Lipinski definition) is 2. The van der Waals surface area contributed by atoms with E-state index in [1.54, 1.807) is 0 Å². The van der Waals surface area contributed by atoms with Gasteiger partial charge in [-0.25, -0.2) is 0 Å². The third-order valence-electron chi connectivity index (χ3n) is 2.75. The lowest BCUT2D eigenvalue weighted by Crippen LogP contribution is -2.27. The molecule has 0 saturated carbocycles. The molecule has 1 unspecified atom stereocenters. The van der Waals surface area contributed by atoms with Crippen molar-refractivity contribution in [3.8, 4) is 0 Å². The minimum absolute atomic E-state index is 0.565. The first-order chi connectivity index (χ1) is 6.71. The van der Waals surface area contributed by atoms with Gasteiger partial charge in [-0.3, -0.25) is 4.68 Å². The Morgan fingerprint density at radius 2 is 2.21 bits per heavy atom. The third-order valence-corrected chi connectivity index (χ3v) is 2.75. The number of rotatable bonds is 5. The van der Waals surface area contributed by atoms with Crippen LogP contribution < -0.4 is 5.32 Å². The Bertz CT molecular complexity index is 274. The van der Waals surface area contributed by atoms with Crippen LogP contribution in [0.5, 0.6) is 0 Å². The van der Waals surface area contributed by atoms with Crippen LogP contribution in [0, 0.1) is 0 Å². The van der Waals surface area contributed by atoms with Crippen molar-refractivity contribution >= 4 is 0 Å². The van der Waals surface area contributed by atoms with Gasteiger partial charge in [-0.2, -0.15) is 5.10 Å². The maximum absolute atomic E-state index is 4.44. The number of aryl methyl sites for hydroxylation is 2. The zero-order valence-corrected chi connectivity index (χ0v) is 9.67. The molecule has 1 heterocycles. The van der Waals surface area contributed by atoms with Crippen LogP contribution in [0.25, 0.3) is 0 Å². The number of likely N-dealkylation sites (N-methyl/N-ethyl adjacent to an activating group) is 1. The fraction of sp³-hybridized carbons (Fsp3) is 0.727. The average molecular weight is 195 g/mol. The summed E-state index contributed by atoms with van der Waals surface area (Å²) in [5.41, 5.74) is 2.51. The second-order valence-corrected chi connectivity index (χ2v) is 3.70. The molecule has 0 amide bonds. The van der Waals surface area contributed by atoms with E-state index in [2.05, 4.69) is 30.3 Å². The van der Waals surface area contributed by atoms with Crippen molar-refractivity contribution in [2.45, 2.75) is 39.2 Å². The Morgan fingerprint density at radius 1 is 1.50 bits per heavy atom. The van der Waals surface area contributed by atoms with Crippen LogP contribution in [-0.4, -0.2) is 22.9 Å². The molecule has 0 aliphatic rings. The molecule has 3 nitrogen and oxygen atoms in total. The van der Waals surface area contributed by atoms with Crippen LogP contribution in [0.4, 0.5) is 0 Å². The van der Waals surface area contributed by atoms with Crippen molar-refractivity contribution in [2.75, 3.05) is 7.05 Å². The van der Waals surface area contributed by atoms with Crippen molar-refractivity contribution in [3.63, 3.8) is 0 Å². The van der Waals surface area contributed by atoms with E-state index in [0.29, 0.717) is 6.04 Å². The van der Waals surface area contributed by atoms with Crippen molar-refractivity contribution in [1.82, 2.24) is 15.1 Å². The fourth-order valence-corrected chi connectivity index (χ4v) is 1.64. The maximum Gasteiger partial charge on any atom is 0.0624 e. The van der Waals surface area contributed by atoms with Crippen LogP contribution in [-0.2, 0) is 19.9 Å². The molecule has 14 heavy (non-hydrogen) atoms. The molecule has 0 spiro atoms. The largest absolute Gasteiger partial charge is 0.317 e. The highest BCUT2D eigenvalue weighted by Crippen LogP contribution is 2.08. The highest BCUT2D eigenvalue weighted by atomic mass is 15.3. The molecule has 1 N–H and O–H groups in total. The third kappa shape index (κ3) is 2.58. The average Bonchev–Trinajstić information content (AvgIpc) is 2.56. The van der Waals surface area contributed by atoms with Crippen molar-refractivity contribution in [1.29, 1.82) is 0 Å². The summed E-state index contributed by atoms with van der Waals surface area (Å²) in [6.07, 6.45) is 3.24. The highest BCUT2D eigenvalue weighted by molar-refractivity contribution is 5.11. The molecule has 0 aliphatic carbocycles.